The van der Waals surface area contributed by atoms with Gasteiger partial charge in [-0.25, -0.2) is 0 Å². The van der Waals surface area contributed by atoms with Crippen molar-refractivity contribution in [3.8, 4) is 5.75 Å². The molecule has 34 heavy (non-hydrogen) atoms. The summed E-state index contributed by atoms with van der Waals surface area (Å²) in [6.45, 7) is 0.469. The second-order valence-electron chi connectivity index (χ2n) is 8.97. The summed E-state index contributed by atoms with van der Waals surface area (Å²) < 4.78 is 8.12. The number of ether oxygens (including phenoxy) is 1. The third-order valence-electron chi connectivity index (χ3n) is 7.04. The van der Waals surface area contributed by atoms with Crippen molar-refractivity contribution >= 4 is 74.0 Å². The molecule has 7 heteroatoms. The first-order valence-corrected chi connectivity index (χ1v) is 13.4. The summed E-state index contributed by atoms with van der Waals surface area (Å²) in [6.07, 6.45) is 6.70. The van der Waals surface area contributed by atoms with Gasteiger partial charge in [-0.15, -0.1) is 0 Å². The van der Waals surface area contributed by atoms with E-state index in [1.54, 1.807) is 6.21 Å². The molecule has 1 heterocycles. The summed E-state index contributed by atoms with van der Waals surface area (Å²) in [5.41, 5.74) is 1.96. The minimum atomic E-state index is -0.232. The fourth-order valence-corrected chi connectivity index (χ4v) is 7.61. The van der Waals surface area contributed by atoms with Gasteiger partial charge in [0.25, 0.3) is 11.8 Å². The van der Waals surface area contributed by atoms with Gasteiger partial charge < -0.3 is 4.74 Å². The lowest BCUT2D eigenvalue weighted by molar-refractivity contribution is -0.140. The summed E-state index contributed by atoms with van der Waals surface area (Å²) in [4.78, 5) is 25.7. The van der Waals surface area contributed by atoms with Gasteiger partial charge in [-0.2, -0.15) is 10.1 Å². The minimum Gasteiger partial charge on any atom is -0.487 e. The van der Waals surface area contributed by atoms with E-state index in [-0.39, 0.29) is 35.5 Å². The maximum absolute atomic E-state index is 12.8. The van der Waals surface area contributed by atoms with Crippen LogP contribution < -0.4 is 4.74 Å². The van der Waals surface area contributed by atoms with Crippen molar-refractivity contribution in [2.75, 3.05) is 0 Å². The molecule has 3 aromatic rings. The fourth-order valence-electron chi connectivity index (χ4n) is 5.48. The average molecular weight is 674 g/mol. The molecular formula is C27H20I2N2O3. The molecule has 0 spiro atoms. The molecule has 2 bridgehead atoms. The summed E-state index contributed by atoms with van der Waals surface area (Å²) in [7, 11) is 0. The number of hydrogen-bond donors (Lipinski definition) is 0. The number of rotatable bonds is 5. The van der Waals surface area contributed by atoms with Crippen molar-refractivity contribution in [3.63, 3.8) is 0 Å². The zero-order valence-electron chi connectivity index (χ0n) is 18.0. The maximum atomic E-state index is 12.8. The Morgan fingerprint density at radius 1 is 0.941 bits per heavy atom. The van der Waals surface area contributed by atoms with E-state index in [0.717, 1.165) is 35.4 Å². The number of hydrazone groups is 1. The molecule has 0 N–H and O–H groups in total. The van der Waals surface area contributed by atoms with Crippen LogP contribution in [0.2, 0.25) is 0 Å². The number of imide groups is 1. The highest BCUT2D eigenvalue weighted by atomic mass is 127. The Kier molecular flexibility index (Phi) is 5.71. The van der Waals surface area contributed by atoms with Crippen LogP contribution in [-0.2, 0) is 16.2 Å². The van der Waals surface area contributed by atoms with E-state index in [1.165, 1.54) is 10.8 Å². The van der Waals surface area contributed by atoms with E-state index in [1.807, 2.05) is 30.3 Å². The van der Waals surface area contributed by atoms with Crippen LogP contribution in [0.25, 0.3) is 10.8 Å². The molecule has 1 saturated carbocycles. The van der Waals surface area contributed by atoms with E-state index in [9.17, 15) is 9.59 Å². The molecule has 1 aliphatic heterocycles. The van der Waals surface area contributed by atoms with Crippen LogP contribution in [0.5, 0.6) is 5.75 Å². The van der Waals surface area contributed by atoms with Crippen LogP contribution in [0.1, 0.15) is 17.5 Å². The molecule has 2 fully saturated rings. The molecule has 0 radical (unpaired) electrons. The lowest BCUT2D eigenvalue weighted by Gasteiger charge is -2.13. The second kappa shape index (κ2) is 8.75. The van der Waals surface area contributed by atoms with E-state index in [4.69, 9.17) is 4.74 Å². The van der Waals surface area contributed by atoms with Gasteiger partial charge in [0.05, 0.1) is 25.2 Å². The molecule has 2 amide bonds. The Morgan fingerprint density at radius 3 is 2.29 bits per heavy atom. The monoisotopic (exact) mass is 674 g/mol. The smallest absolute Gasteiger partial charge is 0.254 e. The first kappa shape index (κ1) is 22.2. The van der Waals surface area contributed by atoms with Gasteiger partial charge in [0, 0.05) is 0 Å². The number of benzene rings is 3. The number of nitrogens with zero attached hydrogens (tertiary/aromatic N) is 2. The summed E-state index contributed by atoms with van der Waals surface area (Å²) in [5.74, 6) is 0.398. The third kappa shape index (κ3) is 3.67. The molecule has 0 unspecified atom stereocenters. The molecule has 4 atom stereocenters. The van der Waals surface area contributed by atoms with Gasteiger partial charge in [-0.1, -0.05) is 54.6 Å². The van der Waals surface area contributed by atoms with E-state index < -0.39 is 0 Å². The number of allylic oxidation sites excluding steroid dienone is 2. The predicted molar refractivity (Wildman–Crippen MR) is 147 cm³/mol. The van der Waals surface area contributed by atoms with Gasteiger partial charge in [0.15, 0.2) is 0 Å². The normalized spacial score (nSPS) is 25.2. The van der Waals surface area contributed by atoms with Crippen molar-refractivity contribution < 1.29 is 14.3 Å². The third-order valence-corrected chi connectivity index (χ3v) is 8.64. The fraction of sp³-hybridized carbons (Fsp3) is 0.222. The van der Waals surface area contributed by atoms with Gasteiger partial charge in [-0.3, -0.25) is 9.59 Å². The number of hydrogen-bond acceptors (Lipinski definition) is 4. The molecule has 2 aliphatic carbocycles. The zero-order valence-corrected chi connectivity index (χ0v) is 22.3. The van der Waals surface area contributed by atoms with Crippen LogP contribution >= 0.6 is 45.2 Å². The number of carbonyl (C=O) groups is 2. The Labute approximate surface area is 224 Å². The highest BCUT2D eigenvalue weighted by molar-refractivity contribution is 14.1. The van der Waals surface area contributed by atoms with Gasteiger partial charge >= 0.3 is 0 Å². The molecule has 3 aromatic carbocycles. The van der Waals surface area contributed by atoms with Crippen LogP contribution in [0.3, 0.4) is 0 Å². The Hall–Kier alpha value is -2.27. The highest BCUT2D eigenvalue weighted by Gasteiger charge is 2.59. The zero-order chi connectivity index (χ0) is 23.4. The molecule has 1 saturated heterocycles. The number of carbonyl (C=O) groups excluding carboxylic acids is 2. The number of fused-ring (bicyclic) bond motifs is 6. The van der Waals surface area contributed by atoms with E-state index in [2.05, 4.69) is 86.7 Å². The van der Waals surface area contributed by atoms with Crippen molar-refractivity contribution in [2.24, 2.45) is 28.8 Å². The molecule has 170 valence electrons. The van der Waals surface area contributed by atoms with Crippen molar-refractivity contribution in [3.05, 3.63) is 85.0 Å². The van der Waals surface area contributed by atoms with Crippen molar-refractivity contribution in [1.82, 2.24) is 5.01 Å². The van der Waals surface area contributed by atoms with Crippen LogP contribution in [0.15, 0.2) is 71.9 Å². The quantitative estimate of drug-likeness (QED) is 0.150. The van der Waals surface area contributed by atoms with Crippen LogP contribution in [-0.4, -0.2) is 23.0 Å². The van der Waals surface area contributed by atoms with E-state index in [0.29, 0.717) is 6.61 Å². The SMILES string of the molecule is O=C1[C@@H]2[C@@H](C(=O)N1/N=C\c1cc(I)c(OCc3cccc4ccccc34)c(I)c1)[C@H]1C=C[C@H]2C1. The van der Waals surface area contributed by atoms with Crippen LogP contribution in [0, 0.1) is 30.8 Å². The lowest BCUT2D eigenvalue weighted by Crippen LogP contribution is -2.28. The predicted octanol–water partition coefficient (Wildman–Crippen LogP) is 5.77. The maximum Gasteiger partial charge on any atom is 0.254 e. The Bertz CT molecular complexity index is 1340. The number of amides is 2. The Morgan fingerprint density at radius 2 is 1.59 bits per heavy atom. The van der Waals surface area contributed by atoms with Crippen LogP contribution in [0.4, 0.5) is 0 Å². The molecule has 3 aliphatic rings. The molecular weight excluding hydrogens is 654 g/mol. The number of halogens is 2. The second-order valence-corrected chi connectivity index (χ2v) is 11.3. The van der Waals surface area contributed by atoms with Gasteiger partial charge in [0.1, 0.15) is 12.4 Å². The standard InChI is InChI=1S/C27H20I2N2O3/c28-21-10-15(13-30-31-26(32)23-17-8-9-18(12-17)24(23)27(31)33)11-22(29)25(21)34-14-19-6-3-5-16-4-1-2-7-20(16)19/h1-11,13,17-18,23-24H,12,14H2/b30-13-/t17-,18-,23-,24-/m0/s1. The molecule has 6 rings (SSSR count). The minimum absolute atomic E-state index is 0.164. The molecule has 5 nitrogen and oxygen atoms in total. The lowest BCUT2D eigenvalue weighted by atomic mass is 9.85. The van der Waals surface area contributed by atoms with E-state index >= 15 is 0 Å². The first-order valence-electron chi connectivity index (χ1n) is 11.2. The topological polar surface area (TPSA) is 59.0 Å². The molecule has 0 aromatic heterocycles. The van der Waals surface area contributed by atoms with Crippen molar-refractivity contribution in [2.45, 2.75) is 13.0 Å². The van der Waals surface area contributed by atoms with Gasteiger partial charge in [0.2, 0.25) is 0 Å². The largest absolute Gasteiger partial charge is 0.487 e. The first-order chi connectivity index (χ1) is 16.5. The average Bonchev–Trinajstić information content (AvgIpc) is 3.51. The summed E-state index contributed by atoms with van der Waals surface area (Å²) in [6, 6.07) is 18.4. The van der Waals surface area contributed by atoms with Gasteiger partial charge in [-0.05, 0) is 97.5 Å². The summed E-state index contributed by atoms with van der Waals surface area (Å²) in [5, 5.41) is 7.78. The van der Waals surface area contributed by atoms with Crippen molar-refractivity contribution in [1.29, 1.82) is 0 Å². The summed E-state index contributed by atoms with van der Waals surface area (Å²) >= 11 is 4.51. The highest BCUT2D eigenvalue weighted by Crippen LogP contribution is 2.52. The Balaban J connectivity index is 1.19.